The summed E-state index contributed by atoms with van der Waals surface area (Å²) in [5.74, 6) is 0.288. The lowest BCUT2D eigenvalue weighted by atomic mass is 10.1. The summed E-state index contributed by atoms with van der Waals surface area (Å²) in [7, 11) is 0. The average Bonchev–Trinajstić information content (AvgIpc) is 2.97. The number of halogens is 2. The minimum Gasteiger partial charge on any atom is -0.337 e. The lowest BCUT2D eigenvalue weighted by molar-refractivity contribution is 0.785. The second-order valence-corrected chi connectivity index (χ2v) is 6.39. The predicted molar refractivity (Wildman–Crippen MR) is 86.0 cm³/mol. The number of rotatable bonds is 2. The summed E-state index contributed by atoms with van der Waals surface area (Å²) in [6.45, 7) is 4.18. The first-order chi connectivity index (χ1) is 9.50. The van der Waals surface area contributed by atoms with Gasteiger partial charge in [-0.15, -0.1) is 0 Å². The number of hydrogen-bond acceptors (Lipinski definition) is 4. The molecule has 1 aromatic carbocycles. The minimum atomic E-state index is 0.288. The number of H-pyrrole nitrogens is 1. The maximum absolute atomic E-state index is 6.38. The molecule has 0 bridgehead atoms. The Morgan fingerprint density at radius 3 is 2.65 bits per heavy atom. The van der Waals surface area contributed by atoms with Crippen LogP contribution in [-0.2, 0) is 0 Å². The Balaban J connectivity index is 2.44. The summed E-state index contributed by atoms with van der Waals surface area (Å²) in [6, 6.07) is 1.68. The van der Waals surface area contributed by atoms with Crippen LogP contribution in [0.4, 0.5) is 0 Å². The van der Waals surface area contributed by atoms with Crippen LogP contribution in [0.1, 0.15) is 25.5 Å². The molecule has 20 heavy (non-hydrogen) atoms. The fourth-order valence-corrected chi connectivity index (χ4v) is 3.56. The second-order valence-electron chi connectivity index (χ2n) is 4.66. The van der Waals surface area contributed by atoms with E-state index in [0.717, 1.165) is 23.1 Å². The molecule has 0 atom stereocenters. The number of benzene rings is 1. The van der Waals surface area contributed by atoms with Gasteiger partial charge in [0.05, 0.1) is 27.5 Å². The molecule has 0 fully saturated rings. The third kappa shape index (κ3) is 2.07. The number of hydrogen-bond donors (Lipinski definition) is 1. The van der Waals surface area contributed by atoms with Crippen LogP contribution >= 0.6 is 47.1 Å². The van der Waals surface area contributed by atoms with Crippen LogP contribution in [0, 0.1) is 4.77 Å². The number of aromatic nitrogens is 4. The molecule has 0 aliphatic heterocycles. The van der Waals surface area contributed by atoms with Crippen molar-refractivity contribution >= 4 is 58.2 Å². The Labute approximate surface area is 134 Å². The average molecular weight is 345 g/mol. The third-order valence-electron chi connectivity index (χ3n) is 3.04. The van der Waals surface area contributed by atoms with Crippen molar-refractivity contribution in [3.63, 3.8) is 0 Å². The van der Waals surface area contributed by atoms with Gasteiger partial charge in [-0.25, -0.2) is 0 Å². The van der Waals surface area contributed by atoms with Gasteiger partial charge in [-0.1, -0.05) is 37.0 Å². The quantitative estimate of drug-likeness (QED) is 0.667. The van der Waals surface area contributed by atoms with Crippen LogP contribution in [0.3, 0.4) is 0 Å². The molecule has 3 aromatic rings. The lowest BCUT2D eigenvalue weighted by Crippen LogP contribution is -2.03. The van der Waals surface area contributed by atoms with Crippen LogP contribution in [0.2, 0.25) is 10.0 Å². The summed E-state index contributed by atoms with van der Waals surface area (Å²) in [5.41, 5.74) is 3.09. The summed E-state index contributed by atoms with van der Waals surface area (Å²) >= 11 is 19.0. The summed E-state index contributed by atoms with van der Waals surface area (Å²) in [6.07, 6.45) is 1.89. The zero-order valence-electron chi connectivity index (χ0n) is 10.6. The van der Waals surface area contributed by atoms with E-state index < -0.39 is 0 Å². The van der Waals surface area contributed by atoms with Crippen molar-refractivity contribution in [3.8, 4) is 5.69 Å². The van der Waals surface area contributed by atoms with Gasteiger partial charge in [-0.3, -0.25) is 4.57 Å². The van der Waals surface area contributed by atoms with Crippen LogP contribution < -0.4 is 0 Å². The van der Waals surface area contributed by atoms with Gasteiger partial charge in [0.2, 0.25) is 0 Å². The Bertz CT molecular complexity index is 847. The largest absolute Gasteiger partial charge is 0.337 e. The van der Waals surface area contributed by atoms with Gasteiger partial charge in [0.1, 0.15) is 11.0 Å². The van der Waals surface area contributed by atoms with Crippen molar-refractivity contribution < 1.29 is 0 Å². The number of nitrogens with zero attached hydrogens (tertiary/aromatic N) is 3. The Kier molecular flexibility index (Phi) is 3.58. The monoisotopic (exact) mass is 344 g/mol. The Morgan fingerprint density at radius 2 is 1.95 bits per heavy atom. The molecule has 0 spiro atoms. The van der Waals surface area contributed by atoms with Crippen molar-refractivity contribution in [2.45, 2.75) is 19.8 Å². The summed E-state index contributed by atoms with van der Waals surface area (Å²) < 4.78 is 11.0. The molecule has 104 valence electrons. The smallest absolute Gasteiger partial charge is 0.182 e. The number of imidazole rings is 1. The van der Waals surface area contributed by atoms with E-state index in [9.17, 15) is 0 Å². The Hall–Kier alpha value is -0.950. The van der Waals surface area contributed by atoms with Crippen molar-refractivity contribution in [1.29, 1.82) is 0 Å². The standard InChI is InChI=1S/C12H10Cl2N4S2/c1-5(2)8-4-15-12(19)18(8)11-7(14)3-6(13)9-10(11)17-20-16-9/h3-5H,1-2H3,(H,15,19). The first-order valence-electron chi connectivity index (χ1n) is 5.91. The molecule has 0 radical (unpaired) electrons. The van der Waals surface area contributed by atoms with E-state index in [1.807, 2.05) is 10.8 Å². The zero-order valence-corrected chi connectivity index (χ0v) is 13.8. The minimum absolute atomic E-state index is 0.288. The van der Waals surface area contributed by atoms with E-state index in [1.165, 1.54) is 0 Å². The van der Waals surface area contributed by atoms with Crippen LogP contribution in [0.25, 0.3) is 16.7 Å². The molecular weight excluding hydrogens is 335 g/mol. The molecule has 0 unspecified atom stereocenters. The highest BCUT2D eigenvalue weighted by Crippen LogP contribution is 2.35. The van der Waals surface area contributed by atoms with Crippen molar-refractivity contribution in [3.05, 3.63) is 32.8 Å². The van der Waals surface area contributed by atoms with E-state index in [-0.39, 0.29) is 5.92 Å². The van der Waals surface area contributed by atoms with Gasteiger partial charge in [-0.2, -0.15) is 8.75 Å². The van der Waals surface area contributed by atoms with Gasteiger partial charge < -0.3 is 4.98 Å². The van der Waals surface area contributed by atoms with E-state index in [0.29, 0.717) is 25.8 Å². The first kappa shape index (κ1) is 14.0. The molecule has 1 N–H and O–H groups in total. The highest BCUT2D eigenvalue weighted by atomic mass is 35.5. The second kappa shape index (κ2) is 5.11. The molecule has 0 aliphatic carbocycles. The topological polar surface area (TPSA) is 46.5 Å². The molecule has 4 nitrogen and oxygen atoms in total. The fraction of sp³-hybridized carbons (Fsp3) is 0.250. The van der Waals surface area contributed by atoms with E-state index in [2.05, 4.69) is 27.6 Å². The molecule has 0 aliphatic rings. The van der Waals surface area contributed by atoms with Crippen LogP contribution in [0.5, 0.6) is 0 Å². The predicted octanol–water partition coefficient (Wildman–Crippen LogP) is 4.97. The van der Waals surface area contributed by atoms with Crippen LogP contribution in [-0.4, -0.2) is 18.3 Å². The molecule has 3 rings (SSSR count). The highest BCUT2D eigenvalue weighted by Gasteiger charge is 2.19. The van der Waals surface area contributed by atoms with E-state index in [4.69, 9.17) is 35.4 Å². The van der Waals surface area contributed by atoms with Crippen molar-refractivity contribution in [2.24, 2.45) is 0 Å². The van der Waals surface area contributed by atoms with Gasteiger partial charge in [0.15, 0.2) is 4.77 Å². The summed E-state index contributed by atoms with van der Waals surface area (Å²) in [5, 5.41) is 1.00. The fourth-order valence-electron chi connectivity index (χ4n) is 2.11. The molecule has 0 saturated heterocycles. The van der Waals surface area contributed by atoms with Gasteiger partial charge >= 0.3 is 0 Å². The maximum atomic E-state index is 6.38. The molecular formula is C12H10Cl2N4S2. The molecule has 0 saturated carbocycles. The highest BCUT2D eigenvalue weighted by molar-refractivity contribution is 7.71. The third-order valence-corrected chi connectivity index (χ3v) is 4.44. The molecule has 0 amide bonds. The molecule has 2 aromatic heterocycles. The Morgan fingerprint density at radius 1 is 1.25 bits per heavy atom. The summed E-state index contributed by atoms with van der Waals surface area (Å²) in [4.78, 5) is 3.06. The van der Waals surface area contributed by atoms with Gasteiger partial charge in [-0.05, 0) is 24.2 Å². The SMILES string of the molecule is CC(C)c1c[nH]c(=S)n1-c1c(Cl)cc(Cl)c2nsnc12. The van der Waals surface area contributed by atoms with Gasteiger partial charge in [0, 0.05) is 11.9 Å². The molecule has 8 heteroatoms. The van der Waals surface area contributed by atoms with E-state index in [1.54, 1.807) is 6.07 Å². The van der Waals surface area contributed by atoms with Crippen LogP contribution in [0.15, 0.2) is 12.3 Å². The normalized spacial score (nSPS) is 11.7. The number of nitrogens with one attached hydrogen (secondary N) is 1. The van der Waals surface area contributed by atoms with Crippen molar-refractivity contribution in [2.75, 3.05) is 0 Å². The maximum Gasteiger partial charge on any atom is 0.182 e. The zero-order chi connectivity index (χ0) is 14.4. The number of aromatic amines is 1. The first-order valence-corrected chi connectivity index (χ1v) is 7.81. The molecule has 2 heterocycles. The van der Waals surface area contributed by atoms with Gasteiger partial charge in [0.25, 0.3) is 0 Å². The lowest BCUT2D eigenvalue weighted by Gasteiger charge is -2.13. The van der Waals surface area contributed by atoms with Crippen molar-refractivity contribution in [1.82, 2.24) is 18.3 Å². The van der Waals surface area contributed by atoms with E-state index >= 15 is 0 Å². The number of fused-ring (bicyclic) bond motifs is 1.